The van der Waals surface area contributed by atoms with Crippen LogP contribution >= 0.6 is 11.3 Å². The fourth-order valence-corrected chi connectivity index (χ4v) is 4.73. The van der Waals surface area contributed by atoms with Gasteiger partial charge in [-0.25, -0.2) is 9.97 Å². The number of thiazole rings is 1. The molecule has 142 valence electrons. The predicted octanol–water partition coefficient (Wildman–Crippen LogP) is 3.70. The highest BCUT2D eigenvalue weighted by molar-refractivity contribution is 7.21. The standard InChI is InChI=1S/C20H25N5OS/c1-12-17(19-23-15-6-4-5-7-16(15)27-19)18(24-20(21-12)25(2)3)22-14-9-8-13(10-14)11-26/h4-7,13-14,26H,8-11H2,1-3H3,(H,21,22,24). The number of hydrogen-bond acceptors (Lipinski definition) is 7. The van der Waals surface area contributed by atoms with Crippen molar-refractivity contribution in [2.75, 3.05) is 30.9 Å². The van der Waals surface area contributed by atoms with Crippen molar-refractivity contribution in [1.29, 1.82) is 0 Å². The van der Waals surface area contributed by atoms with Gasteiger partial charge in [-0.05, 0) is 44.2 Å². The third-order valence-corrected chi connectivity index (χ3v) is 6.18. The van der Waals surface area contributed by atoms with Crippen LogP contribution in [0.25, 0.3) is 20.8 Å². The van der Waals surface area contributed by atoms with E-state index in [9.17, 15) is 5.11 Å². The first-order valence-corrected chi connectivity index (χ1v) is 10.2. The molecule has 2 heterocycles. The molecule has 1 fully saturated rings. The van der Waals surface area contributed by atoms with E-state index >= 15 is 0 Å². The topological polar surface area (TPSA) is 74.2 Å². The summed E-state index contributed by atoms with van der Waals surface area (Å²) < 4.78 is 1.16. The number of fused-ring (bicyclic) bond motifs is 1. The Balaban J connectivity index is 1.77. The maximum Gasteiger partial charge on any atom is 0.227 e. The van der Waals surface area contributed by atoms with Crippen LogP contribution in [0.15, 0.2) is 24.3 Å². The molecule has 3 aromatic rings. The highest BCUT2D eigenvalue weighted by atomic mass is 32.1. The number of nitrogens with one attached hydrogen (secondary N) is 1. The highest BCUT2D eigenvalue weighted by Crippen LogP contribution is 2.38. The lowest BCUT2D eigenvalue weighted by Crippen LogP contribution is -2.21. The highest BCUT2D eigenvalue weighted by Gasteiger charge is 2.26. The van der Waals surface area contributed by atoms with Crippen molar-refractivity contribution in [3.05, 3.63) is 30.0 Å². The maximum atomic E-state index is 9.46. The molecule has 1 aliphatic carbocycles. The van der Waals surface area contributed by atoms with Crippen molar-refractivity contribution in [2.24, 2.45) is 5.92 Å². The zero-order chi connectivity index (χ0) is 19.0. The molecule has 2 atom stereocenters. The smallest absolute Gasteiger partial charge is 0.227 e. The molecule has 0 aliphatic heterocycles. The minimum absolute atomic E-state index is 0.259. The van der Waals surface area contributed by atoms with E-state index in [1.54, 1.807) is 11.3 Å². The van der Waals surface area contributed by atoms with E-state index in [0.717, 1.165) is 51.6 Å². The van der Waals surface area contributed by atoms with Crippen molar-refractivity contribution in [2.45, 2.75) is 32.2 Å². The molecule has 4 rings (SSSR count). The van der Waals surface area contributed by atoms with Gasteiger partial charge in [-0.15, -0.1) is 11.3 Å². The van der Waals surface area contributed by atoms with Gasteiger partial charge < -0.3 is 15.3 Å². The molecular weight excluding hydrogens is 358 g/mol. The van der Waals surface area contributed by atoms with Gasteiger partial charge in [0.2, 0.25) is 5.95 Å². The van der Waals surface area contributed by atoms with E-state index < -0.39 is 0 Å². The zero-order valence-corrected chi connectivity index (χ0v) is 16.8. The second kappa shape index (κ2) is 7.40. The Bertz CT molecular complexity index is 922. The minimum atomic E-state index is 0.259. The fourth-order valence-electron chi connectivity index (χ4n) is 3.66. The third-order valence-electron chi connectivity index (χ3n) is 5.13. The number of aliphatic hydroxyl groups excluding tert-OH is 1. The van der Waals surface area contributed by atoms with Crippen LogP contribution in [0, 0.1) is 12.8 Å². The van der Waals surface area contributed by atoms with Crippen LogP contribution in [0.2, 0.25) is 0 Å². The number of nitrogens with zero attached hydrogens (tertiary/aromatic N) is 4. The molecule has 2 aromatic heterocycles. The molecule has 1 saturated carbocycles. The van der Waals surface area contributed by atoms with Crippen LogP contribution in [-0.2, 0) is 0 Å². The quantitative estimate of drug-likeness (QED) is 0.700. The minimum Gasteiger partial charge on any atom is -0.396 e. The summed E-state index contributed by atoms with van der Waals surface area (Å²) in [6, 6.07) is 8.50. The Morgan fingerprint density at radius 3 is 2.70 bits per heavy atom. The van der Waals surface area contributed by atoms with E-state index in [1.807, 2.05) is 44.1 Å². The lowest BCUT2D eigenvalue weighted by Gasteiger charge is -2.20. The molecule has 2 unspecified atom stereocenters. The molecule has 2 N–H and O–H groups in total. The van der Waals surface area contributed by atoms with Gasteiger partial charge in [0.15, 0.2) is 0 Å². The first-order valence-electron chi connectivity index (χ1n) is 9.34. The van der Waals surface area contributed by atoms with Gasteiger partial charge in [0.1, 0.15) is 10.8 Å². The molecule has 27 heavy (non-hydrogen) atoms. The summed E-state index contributed by atoms with van der Waals surface area (Å²) >= 11 is 1.67. The Morgan fingerprint density at radius 2 is 2.00 bits per heavy atom. The SMILES string of the molecule is Cc1nc(N(C)C)nc(NC2CCC(CO)C2)c1-c1nc2ccccc2s1. The fraction of sp³-hybridized carbons (Fsp3) is 0.450. The number of hydrogen-bond donors (Lipinski definition) is 2. The van der Waals surface area contributed by atoms with Crippen LogP contribution in [0.4, 0.5) is 11.8 Å². The van der Waals surface area contributed by atoms with Crippen molar-refractivity contribution in [3.63, 3.8) is 0 Å². The van der Waals surface area contributed by atoms with Gasteiger partial charge in [-0.1, -0.05) is 12.1 Å². The number of rotatable bonds is 5. The van der Waals surface area contributed by atoms with Crippen LogP contribution < -0.4 is 10.2 Å². The lowest BCUT2D eigenvalue weighted by atomic mass is 10.1. The molecule has 1 aromatic carbocycles. The van der Waals surface area contributed by atoms with Crippen molar-refractivity contribution in [3.8, 4) is 10.6 Å². The second-order valence-electron chi connectivity index (χ2n) is 7.42. The van der Waals surface area contributed by atoms with Gasteiger partial charge in [-0.3, -0.25) is 0 Å². The molecule has 6 nitrogen and oxygen atoms in total. The van der Waals surface area contributed by atoms with Crippen LogP contribution in [0.5, 0.6) is 0 Å². The maximum absolute atomic E-state index is 9.46. The van der Waals surface area contributed by atoms with Crippen molar-refractivity contribution < 1.29 is 5.11 Å². The predicted molar refractivity (Wildman–Crippen MR) is 112 cm³/mol. The normalized spacial score (nSPS) is 19.6. The van der Waals surface area contributed by atoms with Gasteiger partial charge in [0.25, 0.3) is 0 Å². The number of anilines is 2. The second-order valence-corrected chi connectivity index (χ2v) is 8.45. The number of aromatic nitrogens is 3. The lowest BCUT2D eigenvalue weighted by molar-refractivity contribution is 0.229. The average molecular weight is 384 g/mol. The molecule has 0 saturated heterocycles. The third kappa shape index (κ3) is 3.61. The Morgan fingerprint density at radius 1 is 1.19 bits per heavy atom. The van der Waals surface area contributed by atoms with E-state index in [2.05, 4.69) is 16.4 Å². The summed E-state index contributed by atoms with van der Waals surface area (Å²) in [7, 11) is 3.90. The largest absolute Gasteiger partial charge is 0.396 e. The summed E-state index contributed by atoms with van der Waals surface area (Å²) in [5.41, 5.74) is 2.90. The summed E-state index contributed by atoms with van der Waals surface area (Å²) in [5, 5.41) is 14.0. The van der Waals surface area contributed by atoms with Gasteiger partial charge >= 0.3 is 0 Å². The number of para-hydroxylation sites is 1. The van der Waals surface area contributed by atoms with Crippen molar-refractivity contribution in [1.82, 2.24) is 15.0 Å². The Labute approximate surface area is 163 Å². The number of benzene rings is 1. The molecule has 0 amide bonds. The van der Waals surface area contributed by atoms with E-state index in [1.165, 1.54) is 0 Å². The van der Waals surface area contributed by atoms with Gasteiger partial charge in [0, 0.05) is 26.7 Å². The first-order chi connectivity index (χ1) is 13.0. The Kier molecular flexibility index (Phi) is 4.97. The monoisotopic (exact) mass is 383 g/mol. The van der Waals surface area contributed by atoms with Crippen LogP contribution in [-0.4, -0.2) is 46.8 Å². The van der Waals surface area contributed by atoms with Crippen LogP contribution in [0.3, 0.4) is 0 Å². The van der Waals surface area contributed by atoms with Crippen LogP contribution in [0.1, 0.15) is 25.0 Å². The zero-order valence-electron chi connectivity index (χ0n) is 15.9. The number of aryl methyl sites for hydroxylation is 1. The molecule has 0 spiro atoms. The summed E-state index contributed by atoms with van der Waals surface area (Å²) in [6.07, 6.45) is 3.07. The molecule has 7 heteroatoms. The first kappa shape index (κ1) is 18.1. The summed E-state index contributed by atoms with van der Waals surface area (Å²) in [5.74, 6) is 1.91. The molecule has 1 aliphatic rings. The van der Waals surface area contributed by atoms with E-state index in [0.29, 0.717) is 17.9 Å². The molecule has 0 bridgehead atoms. The number of aliphatic hydroxyl groups is 1. The van der Waals surface area contributed by atoms with E-state index in [-0.39, 0.29) is 6.61 Å². The Hall–Kier alpha value is -2.25. The van der Waals surface area contributed by atoms with Gasteiger partial charge in [-0.2, -0.15) is 4.98 Å². The average Bonchev–Trinajstić information content (AvgIpc) is 3.27. The van der Waals surface area contributed by atoms with Gasteiger partial charge in [0.05, 0.1) is 21.5 Å². The van der Waals surface area contributed by atoms with E-state index in [4.69, 9.17) is 9.97 Å². The summed E-state index contributed by atoms with van der Waals surface area (Å²) in [6.45, 7) is 2.28. The molecular formula is C20H25N5OS. The molecule has 0 radical (unpaired) electrons. The van der Waals surface area contributed by atoms with Crippen molar-refractivity contribution >= 4 is 33.3 Å². The summed E-state index contributed by atoms with van der Waals surface area (Å²) in [4.78, 5) is 16.2.